The number of rotatable bonds is 4. The number of imide groups is 1. The highest BCUT2D eigenvalue weighted by Gasteiger charge is 2.31. The molecule has 6 nitrogen and oxygen atoms in total. The summed E-state index contributed by atoms with van der Waals surface area (Å²) in [7, 11) is 0. The van der Waals surface area contributed by atoms with Crippen LogP contribution in [0.15, 0.2) is 23.9 Å². The van der Waals surface area contributed by atoms with Crippen molar-refractivity contribution in [3.05, 3.63) is 38.1 Å². The van der Waals surface area contributed by atoms with Gasteiger partial charge in [0.15, 0.2) is 0 Å². The Labute approximate surface area is 139 Å². The number of nitrogens with zero attached hydrogens (tertiary/aromatic N) is 2. The SMILES string of the molecule is N#Cc1cc(Cl)c(NC2=CC(=O)N(CCO)C2=O)c(I)c1. The normalized spacial score (nSPS) is 14.2. The Morgan fingerprint density at radius 3 is 2.71 bits per heavy atom. The van der Waals surface area contributed by atoms with Crippen molar-refractivity contribution >= 4 is 51.7 Å². The molecule has 0 bridgehead atoms. The minimum Gasteiger partial charge on any atom is -0.395 e. The summed E-state index contributed by atoms with van der Waals surface area (Å²) < 4.78 is 0.651. The van der Waals surface area contributed by atoms with Gasteiger partial charge in [0.25, 0.3) is 11.8 Å². The van der Waals surface area contributed by atoms with Gasteiger partial charge in [-0.3, -0.25) is 14.5 Å². The van der Waals surface area contributed by atoms with E-state index >= 15 is 0 Å². The molecule has 0 aliphatic carbocycles. The molecular formula is C13H9ClIN3O3. The summed E-state index contributed by atoms with van der Waals surface area (Å²) in [6.45, 7) is -0.356. The number of hydrogen-bond donors (Lipinski definition) is 2. The Bertz CT molecular complexity index is 673. The van der Waals surface area contributed by atoms with Crippen molar-refractivity contribution in [1.82, 2.24) is 4.90 Å². The van der Waals surface area contributed by atoms with Gasteiger partial charge >= 0.3 is 0 Å². The maximum atomic E-state index is 12.0. The molecule has 0 spiro atoms. The molecule has 21 heavy (non-hydrogen) atoms. The molecular weight excluding hydrogens is 409 g/mol. The van der Waals surface area contributed by atoms with Gasteiger partial charge in [-0.05, 0) is 34.7 Å². The summed E-state index contributed by atoms with van der Waals surface area (Å²) in [6.07, 6.45) is 1.16. The predicted octanol–water partition coefficient (Wildman–Crippen LogP) is 1.47. The highest BCUT2D eigenvalue weighted by molar-refractivity contribution is 14.1. The quantitative estimate of drug-likeness (QED) is 0.572. The van der Waals surface area contributed by atoms with Crippen LogP contribution in [-0.2, 0) is 9.59 Å². The molecule has 8 heteroatoms. The molecule has 1 aliphatic heterocycles. The van der Waals surface area contributed by atoms with Gasteiger partial charge in [0, 0.05) is 9.65 Å². The number of nitrogens with one attached hydrogen (secondary N) is 1. The number of benzene rings is 1. The van der Waals surface area contributed by atoms with Gasteiger partial charge in [-0.15, -0.1) is 0 Å². The van der Waals surface area contributed by atoms with Crippen LogP contribution in [0.3, 0.4) is 0 Å². The van der Waals surface area contributed by atoms with E-state index in [4.69, 9.17) is 22.0 Å². The number of aliphatic hydroxyl groups is 1. The number of halogens is 2. The van der Waals surface area contributed by atoms with Gasteiger partial charge in [0.1, 0.15) is 5.70 Å². The topological polar surface area (TPSA) is 93.4 Å². The summed E-state index contributed by atoms with van der Waals surface area (Å²) in [5, 5.41) is 20.8. The zero-order valence-electron chi connectivity index (χ0n) is 10.6. The number of carbonyl (C=O) groups excluding carboxylic acids is 2. The van der Waals surface area contributed by atoms with Gasteiger partial charge < -0.3 is 10.4 Å². The van der Waals surface area contributed by atoms with E-state index in [2.05, 4.69) is 5.32 Å². The Morgan fingerprint density at radius 1 is 1.43 bits per heavy atom. The molecule has 0 saturated heterocycles. The number of aliphatic hydroxyl groups excluding tert-OH is 1. The van der Waals surface area contributed by atoms with Crippen molar-refractivity contribution in [2.45, 2.75) is 0 Å². The van der Waals surface area contributed by atoms with Crippen LogP contribution in [0.25, 0.3) is 0 Å². The van der Waals surface area contributed by atoms with E-state index in [1.165, 1.54) is 6.07 Å². The fourth-order valence-corrected chi connectivity index (χ4v) is 2.99. The van der Waals surface area contributed by atoms with Crippen molar-refractivity contribution in [3.63, 3.8) is 0 Å². The van der Waals surface area contributed by atoms with Gasteiger partial charge in [0.2, 0.25) is 0 Å². The van der Waals surface area contributed by atoms with E-state index in [0.717, 1.165) is 11.0 Å². The van der Waals surface area contributed by atoms with Crippen molar-refractivity contribution in [1.29, 1.82) is 5.26 Å². The van der Waals surface area contributed by atoms with Gasteiger partial charge in [-0.25, -0.2) is 0 Å². The Kier molecular flexibility index (Phi) is 4.82. The van der Waals surface area contributed by atoms with Crippen LogP contribution in [0.5, 0.6) is 0 Å². The van der Waals surface area contributed by atoms with E-state index in [0.29, 0.717) is 14.8 Å². The minimum absolute atomic E-state index is 0.0580. The zero-order chi connectivity index (χ0) is 15.6. The molecule has 0 saturated carbocycles. The molecule has 0 unspecified atom stereocenters. The predicted molar refractivity (Wildman–Crippen MR) is 84.4 cm³/mol. The first-order valence-corrected chi connectivity index (χ1v) is 7.28. The third kappa shape index (κ3) is 3.18. The lowest BCUT2D eigenvalue weighted by Crippen LogP contribution is -2.34. The molecule has 108 valence electrons. The minimum atomic E-state index is -0.523. The monoisotopic (exact) mass is 417 g/mol. The largest absolute Gasteiger partial charge is 0.395 e. The molecule has 1 aliphatic rings. The molecule has 1 aromatic rings. The number of β-amino-alcohol motifs (C(OH)–C–C–N with tert-alkyl or cyclic N) is 1. The fraction of sp³-hybridized carbons (Fsp3) is 0.154. The second kappa shape index (κ2) is 6.43. The highest BCUT2D eigenvalue weighted by atomic mass is 127. The molecule has 0 fully saturated rings. The van der Waals surface area contributed by atoms with Crippen LogP contribution in [0.4, 0.5) is 5.69 Å². The van der Waals surface area contributed by atoms with Gasteiger partial charge in [-0.1, -0.05) is 11.6 Å². The number of amides is 2. The third-order valence-corrected chi connectivity index (χ3v) is 3.91. The summed E-state index contributed by atoms with van der Waals surface area (Å²) in [4.78, 5) is 24.6. The standard InChI is InChI=1S/C13H9ClIN3O3/c14-8-3-7(6-16)4-9(15)12(8)17-10-5-11(20)18(1-2-19)13(10)21/h3-5,17,19H,1-2H2. The molecule has 1 heterocycles. The van der Waals surface area contributed by atoms with E-state index in [9.17, 15) is 9.59 Å². The van der Waals surface area contributed by atoms with E-state index < -0.39 is 11.8 Å². The summed E-state index contributed by atoms with van der Waals surface area (Å²) in [5.41, 5.74) is 0.937. The summed E-state index contributed by atoms with van der Waals surface area (Å²) >= 11 is 8.06. The molecule has 0 aromatic heterocycles. The van der Waals surface area contributed by atoms with Crippen LogP contribution in [-0.4, -0.2) is 35.0 Å². The lowest BCUT2D eigenvalue weighted by Gasteiger charge is -2.14. The van der Waals surface area contributed by atoms with Gasteiger partial charge in [0.05, 0.1) is 35.5 Å². The first kappa shape index (κ1) is 15.8. The van der Waals surface area contributed by atoms with Gasteiger partial charge in [-0.2, -0.15) is 5.26 Å². The lowest BCUT2D eigenvalue weighted by molar-refractivity contribution is -0.137. The fourth-order valence-electron chi connectivity index (χ4n) is 1.80. The van der Waals surface area contributed by atoms with Crippen molar-refractivity contribution in [2.75, 3.05) is 18.5 Å². The van der Waals surface area contributed by atoms with Crippen molar-refractivity contribution in [3.8, 4) is 6.07 Å². The summed E-state index contributed by atoms with van der Waals surface area (Å²) in [5.74, 6) is -1.01. The zero-order valence-corrected chi connectivity index (χ0v) is 13.5. The number of hydrogen-bond acceptors (Lipinski definition) is 5. The summed E-state index contributed by atoms with van der Waals surface area (Å²) in [6, 6.07) is 5.07. The molecule has 0 radical (unpaired) electrons. The van der Waals surface area contributed by atoms with E-state index in [1.54, 1.807) is 6.07 Å². The van der Waals surface area contributed by atoms with E-state index in [-0.39, 0.29) is 23.9 Å². The Balaban J connectivity index is 2.28. The smallest absolute Gasteiger partial charge is 0.277 e. The van der Waals surface area contributed by atoms with Crippen LogP contribution in [0.1, 0.15) is 5.56 Å². The van der Waals surface area contributed by atoms with E-state index in [1.807, 2.05) is 28.7 Å². The van der Waals surface area contributed by atoms with Crippen LogP contribution in [0, 0.1) is 14.9 Å². The van der Waals surface area contributed by atoms with Crippen LogP contribution < -0.4 is 5.32 Å². The first-order chi connectivity index (χ1) is 9.97. The molecule has 2 N–H and O–H groups in total. The molecule has 1 aromatic carbocycles. The van der Waals surface area contributed by atoms with Crippen molar-refractivity contribution < 1.29 is 14.7 Å². The third-order valence-electron chi connectivity index (χ3n) is 2.76. The average Bonchev–Trinajstić information content (AvgIpc) is 2.70. The lowest BCUT2D eigenvalue weighted by atomic mass is 10.2. The number of carbonyl (C=O) groups is 2. The average molecular weight is 418 g/mol. The highest BCUT2D eigenvalue weighted by Crippen LogP contribution is 2.31. The molecule has 2 rings (SSSR count). The maximum absolute atomic E-state index is 12.0. The maximum Gasteiger partial charge on any atom is 0.277 e. The second-order valence-electron chi connectivity index (χ2n) is 4.13. The molecule has 2 amide bonds. The molecule has 0 atom stereocenters. The Hall–Kier alpha value is -1.63. The first-order valence-electron chi connectivity index (χ1n) is 5.82. The second-order valence-corrected chi connectivity index (χ2v) is 5.70. The number of nitriles is 1. The van der Waals surface area contributed by atoms with Crippen LogP contribution in [0.2, 0.25) is 5.02 Å². The van der Waals surface area contributed by atoms with Crippen molar-refractivity contribution in [2.24, 2.45) is 0 Å². The number of anilines is 1. The Morgan fingerprint density at radius 2 is 2.14 bits per heavy atom. The van der Waals surface area contributed by atoms with Crippen LogP contribution >= 0.6 is 34.2 Å².